The molecule has 4 atom stereocenters. The summed E-state index contributed by atoms with van der Waals surface area (Å²) < 4.78 is 37.1. The van der Waals surface area contributed by atoms with Crippen LogP contribution in [0.4, 0.5) is 8.78 Å². The summed E-state index contributed by atoms with van der Waals surface area (Å²) >= 11 is 0. The van der Waals surface area contributed by atoms with Gasteiger partial charge in [-0.3, -0.25) is 9.78 Å². The Balaban J connectivity index is 1.29. The number of imidazole rings is 1. The Morgan fingerprint density at radius 2 is 1.88 bits per heavy atom. The number of likely N-dealkylation sites (N-methyl/N-ethyl adjacent to an activating group) is 1. The number of hydrogen-bond donors (Lipinski definition) is 1. The van der Waals surface area contributed by atoms with Gasteiger partial charge >= 0.3 is 0 Å². The van der Waals surface area contributed by atoms with E-state index in [4.69, 9.17) is 10.5 Å². The van der Waals surface area contributed by atoms with Gasteiger partial charge in [-0.05, 0) is 71.7 Å². The van der Waals surface area contributed by atoms with Crippen molar-refractivity contribution in [3.05, 3.63) is 83.1 Å². The lowest BCUT2D eigenvalue weighted by molar-refractivity contribution is -0.131. The van der Waals surface area contributed by atoms with Gasteiger partial charge in [0, 0.05) is 50.8 Å². The molecule has 10 heteroatoms. The first-order valence-electron chi connectivity index (χ1n) is 14.0. The van der Waals surface area contributed by atoms with E-state index in [2.05, 4.69) is 22.0 Å². The summed E-state index contributed by atoms with van der Waals surface area (Å²) in [6.07, 6.45) is 7.40. The van der Waals surface area contributed by atoms with Gasteiger partial charge < -0.3 is 15.4 Å². The van der Waals surface area contributed by atoms with Crippen molar-refractivity contribution in [1.82, 2.24) is 24.5 Å². The second-order valence-electron chi connectivity index (χ2n) is 11.5. The molecule has 0 unspecified atom stereocenters. The van der Waals surface area contributed by atoms with Crippen LogP contribution in [0.15, 0.2) is 48.9 Å². The van der Waals surface area contributed by atoms with E-state index in [0.717, 1.165) is 29.5 Å². The molecule has 1 amide bonds. The molecule has 2 N–H and O–H groups in total. The predicted octanol–water partition coefficient (Wildman–Crippen LogP) is 4.46. The predicted molar refractivity (Wildman–Crippen MR) is 150 cm³/mol. The quantitative estimate of drug-likeness (QED) is 0.374. The number of amides is 1. The summed E-state index contributed by atoms with van der Waals surface area (Å²) in [5.41, 5.74) is 10.1. The second kappa shape index (κ2) is 10.9. The summed E-state index contributed by atoms with van der Waals surface area (Å²) in [4.78, 5) is 22.8. The van der Waals surface area contributed by atoms with Gasteiger partial charge in [0.2, 0.25) is 5.91 Å². The van der Waals surface area contributed by atoms with Gasteiger partial charge in [-0.25, -0.2) is 18.3 Å². The van der Waals surface area contributed by atoms with Crippen molar-refractivity contribution < 1.29 is 18.3 Å². The second-order valence-corrected chi connectivity index (χ2v) is 11.5. The van der Waals surface area contributed by atoms with Crippen molar-refractivity contribution in [2.24, 2.45) is 11.7 Å². The minimum Gasteiger partial charge on any atom is -0.380 e. The third-order valence-corrected chi connectivity index (χ3v) is 8.79. The summed E-state index contributed by atoms with van der Waals surface area (Å²) in [5, 5.41) is 4.62. The Bertz CT molecular complexity index is 1570. The van der Waals surface area contributed by atoms with E-state index in [1.807, 2.05) is 19.3 Å². The van der Waals surface area contributed by atoms with Crippen LogP contribution < -0.4 is 5.73 Å². The van der Waals surface area contributed by atoms with Gasteiger partial charge in [-0.15, -0.1) is 0 Å². The monoisotopic (exact) mass is 560 g/mol. The van der Waals surface area contributed by atoms with Crippen LogP contribution in [0.3, 0.4) is 0 Å². The van der Waals surface area contributed by atoms with E-state index in [-0.39, 0.29) is 47.0 Å². The molecule has 4 aromatic rings. The minimum absolute atomic E-state index is 0.00944. The lowest BCUT2D eigenvalue weighted by Gasteiger charge is -2.43. The van der Waals surface area contributed by atoms with Gasteiger partial charge in [0.1, 0.15) is 17.5 Å². The molecule has 1 saturated heterocycles. The van der Waals surface area contributed by atoms with E-state index in [1.54, 1.807) is 40.9 Å². The largest absolute Gasteiger partial charge is 0.380 e. The van der Waals surface area contributed by atoms with E-state index < -0.39 is 11.6 Å². The number of carbonyl (C=O) groups is 1. The van der Waals surface area contributed by atoms with Crippen LogP contribution in [0.5, 0.6) is 0 Å². The molecule has 8 nitrogen and oxygen atoms in total. The highest BCUT2D eigenvalue weighted by molar-refractivity contribution is 5.73. The highest BCUT2D eigenvalue weighted by Gasteiger charge is 2.38. The fourth-order valence-corrected chi connectivity index (χ4v) is 6.55. The number of rotatable bonds is 6. The van der Waals surface area contributed by atoms with Crippen molar-refractivity contribution >= 4 is 11.4 Å². The molecule has 41 heavy (non-hydrogen) atoms. The summed E-state index contributed by atoms with van der Waals surface area (Å²) in [6.45, 7) is 4.66. The third-order valence-electron chi connectivity index (χ3n) is 8.79. The fourth-order valence-electron chi connectivity index (χ4n) is 6.55. The molecule has 0 radical (unpaired) electrons. The molecular formula is C31H34F2N6O2. The lowest BCUT2D eigenvalue weighted by Crippen LogP contribution is -2.54. The molecular weight excluding hydrogens is 526 g/mol. The lowest BCUT2D eigenvalue weighted by atomic mass is 9.72. The molecule has 0 bridgehead atoms. The Morgan fingerprint density at radius 1 is 1.12 bits per heavy atom. The molecule has 1 aliphatic heterocycles. The fraction of sp³-hybridized carbons (Fsp3) is 0.419. The molecule has 2 aliphatic rings. The highest BCUT2D eigenvalue weighted by Crippen LogP contribution is 2.39. The Kier molecular flexibility index (Phi) is 7.29. The number of ether oxygens (including phenoxy) is 1. The van der Waals surface area contributed by atoms with Crippen LogP contribution >= 0.6 is 0 Å². The van der Waals surface area contributed by atoms with Crippen molar-refractivity contribution in [2.75, 3.05) is 20.3 Å². The zero-order valence-corrected chi connectivity index (χ0v) is 23.4. The Morgan fingerprint density at radius 3 is 2.54 bits per heavy atom. The van der Waals surface area contributed by atoms with Crippen molar-refractivity contribution in [1.29, 1.82) is 0 Å². The number of halogens is 2. The zero-order chi connectivity index (χ0) is 28.8. The highest BCUT2D eigenvalue weighted by atomic mass is 19.1. The Labute approximate surface area is 237 Å². The average Bonchev–Trinajstić information content (AvgIpc) is 3.29. The first kappa shape index (κ1) is 27.4. The van der Waals surface area contributed by atoms with Crippen molar-refractivity contribution in [3.63, 3.8) is 0 Å². The van der Waals surface area contributed by atoms with E-state index in [9.17, 15) is 4.79 Å². The number of fused-ring (bicyclic) bond motifs is 1. The number of carbonyl (C=O) groups excluding carboxylic acids is 1. The van der Waals surface area contributed by atoms with Crippen LogP contribution in [0, 0.1) is 17.6 Å². The average molecular weight is 561 g/mol. The first-order chi connectivity index (χ1) is 19.7. The summed E-state index contributed by atoms with van der Waals surface area (Å²) in [7, 11) is 1.82. The zero-order valence-electron chi connectivity index (χ0n) is 23.4. The number of benzene rings is 1. The SMILES string of the molecule is CC(=O)N(C)[C@@H]1[C@H](N)C[C@H](c2ccncc2Cc2ncc3ccc(-c4c(F)cc(C5COC5)cc4F)nn23)C[C@@H]1C. The number of aromatic nitrogens is 4. The molecule has 1 aromatic carbocycles. The smallest absolute Gasteiger partial charge is 0.219 e. The molecule has 4 heterocycles. The standard InChI is InChI=1S/C31H34F2N6O2/c1-17-8-20(11-27(34)31(17)38(3)18(2)40)24-6-7-35-13-21(24)12-29-36-14-23-4-5-28(37-39(23)29)30-25(32)9-19(10-26(30)33)22-15-41-16-22/h4-7,9-10,13-14,17,20,22,27,31H,8,11-12,15-16,34H2,1-3H3/t17-,20+,27+,31-/m0/s1. The molecule has 1 saturated carbocycles. The van der Waals surface area contributed by atoms with Crippen LogP contribution in [-0.2, 0) is 16.0 Å². The maximum Gasteiger partial charge on any atom is 0.219 e. The third kappa shape index (κ3) is 5.10. The maximum absolute atomic E-state index is 15.1. The number of nitrogens with two attached hydrogens (primary N) is 1. The van der Waals surface area contributed by atoms with Crippen LogP contribution in [0.2, 0.25) is 0 Å². The molecule has 1 aliphatic carbocycles. The van der Waals surface area contributed by atoms with E-state index in [0.29, 0.717) is 31.0 Å². The van der Waals surface area contributed by atoms with Crippen molar-refractivity contribution in [2.45, 2.75) is 57.0 Å². The molecule has 2 fully saturated rings. The van der Waals surface area contributed by atoms with Crippen molar-refractivity contribution in [3.8, 4) is 11.3 Å². The van der Waals surface area contributed by atoms with Crippen LogP contribution in [0.25, 0.3) is 16.8 Å². The van der Waals surface area contributed by atoms with Gasteiger partial charge in [0.05, 0.1) is 36.2 Å². The maximum atomic E-state index is 15.1. The van der Waals surface area contributed by atoms with E-state index in [1.165, 1.54) is 12.1 Å². The normalized spacial score (nSPS) is 23.0. The number of hydrogen-bond acceptors (Lipinski definition) is 6. The van der Waals surface area contributed by atoms with E-state index >= 15 is 8.78 Å². The van der Waals surface area contributed by atoms with Gasteiger partial charge in [-0.1, -0.05) is 6.92 Å². The summed E-state index contributed by atoms with van der Waals surface area (Å²) in [6, 6.07) is 8.01. The molecule has 0 spiro atoms. The Hall–Kier alpha value is -3.76. The van der Waals surface area contributed by atoms with Gasteiger partial charge in [0.25, 0.3) is 0 Å². The van der Waals surface area contributed by atoms with Crippen LogP contribution in [0.1, 0.15) is 61.0 Å². The minimum atomic E-state index is -0.647. The summed E-state index contributed by atoms with van der Waals surface area (Å²) in [5.74, 6) is -0.197. The molecule has 6 rings (SSSR count). The first-order valence-corrected chi connectivity index (χ1v) is 14.0. The topological polar surface area (TPSA) is 98.6 Å². The van der Waals surface area contributed by atoms with Gasteiger partial charge in [0.15, 0.2) is 0 Å². The van der Waals surface area contributed by atoms with Gasteiger partial charge in [-0.2, -0.15) is 5.10 Å². The van der Waals surface area contributed by atoms with Crippen LogP contribution in [-0.4, -0.2) is 62.7 Å². The molecule has 3 aromatic heterocycles. The number of pyridine rings is 1. The number of nitrogens with zero attached hydrogens (tertiary/aromatic N) is 5. The molecule has 214 valence electrons.